The van der Waals surface area contributed by atoms with E-state index in [-0.39, 0.29) is 12.7 Å². The zero-order valence-corrected chi connectivity index (χ0v) is 13.9. The minimum atomic E-state index is -0.375. The van der Waals surface area contributed by atoms with E-state index in [9.17, 15) is 4.79 Å². The maximum Gasteiger partial charge on any atom is 0.275 e. The number of carbonyl (C=O) groups excluding carboxylic acids is 1. The molecule has 0 saturated carbocycles. The molecule has 1 N–H and O–H groups in total. The molecule has 0 radical (unpaired) electrons. The van der Waals surface area contributed by atoms with Gasteiger partial charge in [0.05, 0.1) is 23.9 Å². The molecule has 0 aliphatic carbocycles. The van der Waals surface area contributed by atoms with E-state index in [0.29, 0.717) is 33.4 Å². The van der Waals surface area contributed by atoms with Gasteiger partial charge in [0.15, 0.2) is 11.5 Å². The van der Waals surface area contributed by atoms with Crippen molar-refractivity contribution in [1.29, 1.82) is 0 Å². The topological polar surface area (TPSA) is 69.2 Å². The van der Waals surface area contributed by atoms with Crippen LogP contribution in [-0.4, -0.2) is 26.0 Å². The zero-order chi connectivity index (χ0) is 17.1. The normalized spacial score (nSPS) is 12.5. The lowest BCUT2D eigenvalue weighted by molar-refractivity contribution is 0.0952. The predicted molar refractivity (Wildman–Crippen MR) is 90.4 cm³/mol. The molecule has 0 bridgehead atoms. The van der Waals surface area contributed by atoms with Crippen LogP contribution in [0.1, 0.15) is 21.5 Å². The highest BCUT2D eigenvalue weighted by atomic mass is 35.5. The second kappa shape index (κ2) is 6.80. The number of methoxy groups -OCH3 is 1. The Kier molecular flexibility index (Phi) is 4.57. The van der Waals surface area contributed by atoms with Gasteiger partial charge in [0.1, 0.15) is 5.75 Å². The van der Waals surface area contributed by atoms with Gasteiger partial charge in [-0.2, -0.15) is 5.10 Å². The summed E-state index contributed by atoms with van der Waals surface area (Å²) in [7, 11) is 1.52. The molecule has 0 atom stereocenters. The summed E-state index contributed by atoms with van der Waals surface area (Å²) in [5.74, 6) is 1.29. The minimum absolute atomic E-state index is 0.163. The van der Waals surface area contributed by atoms with Gasteiger partial charge in [-0.1, -0.05) is 17.7 Å². The first-order valence-electron chi connectivity index (χ1n) is 7.15. The van der Waals surface area contributed by atoms with Crippen LogP contribution in [0.3, 0.4) is 0 Å². The molecule has 0 fully saturated rings. The summed E-state index contributed by atoms with van der Waals surface area (Å²) in [6, 6.07) is 8.65. The van der Waals surface area contributed by atoms with Crippen molar-refractivity contribution in [2.75, 3.05) is 13.9 Å². The molecule has 1 aliphatic heterocycles. The maximum atomic E-state index is 12.2. The molecule has 124 valence electrons. The smallest absolute Gasteiger partial charge is 0.275 e. The molecule has 0 spiro atoms. The summed E-state index contributed by atoms with van der Waals surface area (Å²) in [4.78, 5) is 12.2. The lowest BCUT2D eigenvalue weighted by Crippen LogP contribution is -2.18. The Morgan fingerprint density at radius 3 is 2.79 bits per heavy atom. The van der Waals surface area contributed by atoms with Crippen LogP contribution in [0.2, 0.25) is 5.02 Å². The molecule has 24 heavy (non-hydrogen) atoms. The molecule has 2 aromatic rings. The van der Waals surface area contributed by atoms with Crippen molar-refractivity contribution in [3.8, 4) is 17.2 Å². The molecular formula is C17H15ClN2O4. The number of halogens is 1. The van der Waals surface area contributed by atoms with E-state index in [2.05, 4.69) is 10.5 Å². The van der Waals surface area contributed by atoms with Crippen LogP contribution in [0.5, 0.6) is 17.2 Å². The van der Waals surface area contributed by atoms with Crippen LogP contribution in [-0.2, 0) is 0 Å². The standard InChI is InChI=1S/C17H15ClN2O4/c1-10-3-4-12(14(5-10)22-2)17(21)20-19-8-11-6-15-16(7-13(11)18)24-9-23-15/h3-8H,9H2,1-2H3,(H,20,21). The van der Waals surface area contributed by atoms with Crippen molar-refractivity contribution < 1.29 is 19.0 Å². The molecule has 6 nitrogen and oxygen atoms in total. The number of nitrogens with one attached hydrogen (secondary N) is 1. The van der Waals surface area contributed by atoms with Gasteiger partial charge in [-0.05, 0) is 30.7 Å². The first-order valence-corrected chi connectivity index (χ1v) is 7.53. The van der Waals surface area contributed by atoms with Gasteiger partial charge >= 0.3 is 0 Å². The number of benzene rings is 2. The van der Waals surface area contributed by atoms with Crippen LogP contribution in [0.25, 0.3) is 0 Å². The van der Waals surface area contributed by atoms with Gasteiger partial charge in [0.2, 0.25) is 6.79 Å². The Labute approximate surface area is 144 Å². The number of aryl methyl sites for hydroxylation is 1. The molecule has 7 heteroatoms. The SMILES string of the molecule is COc1cc(C)ccc1C(=O)NN=Cc1cc2c(cc1Cl)OCO2. The average Bonchev–Trinajstić information content (AvgIpc) is 3.01. The largest absolute Gasteiger partial charge is 0.496 e. The van der Waals surface area contributed by atoms with Crippen LogP contribution in [0.15, 0.2) is 35.4 Å². The van der Waals surface area contributed by atoms with E-state index in [1.54, 1.807) is 24.3 Å². The number of hydrazone groups is 1. The highest BCUT2D eigenvalue weighted by Gasteiger charge is 2.16. The van der Waals surface area contributed by atoms with E-state index >= 15 is 0 Å². The summed E-state index contributed by atoms with van der Waals surface area (Å²) >= 11 is 6.15. The summed E-state index contributed by atoms with van der Waals surface area (Å²) in [6.07, 6.45) is 1.45. The van der Waals surface area contributed by atoms with E-state index in [1.807, 2.05) is 13.0 Å². The molecule has 0 aromatic heterocycles. The number of fused-ring (bicyclic) bond motifs is 1. The molecule has 1 amide bonds. The fourth-order valence-corrected chi connectivity index (χ4v) is 2.44. The molecular weight excluding hydrogens is 332 g/mol. The lowest BCUT2D eigenvalue weighted by Gasteiger charge is -2.07. The number of hydrogen-bond acceptors (Lipinski definition) is 5. The molecule has 2 aromatic carbocycles. The Bertz CT molecular complexity index is 820. The summed E-state index contributed by atoms with van der Waals surface area (Å²) in [6.45, 7) is 2.08. The van der Waals surface area contributed by atoms with Crippen LogP contribution in [0.4, 0.5) is 0 Å². The quantitative estimate of drug-likeness (QED) is 0.682. The number of ether oxygens (including phenoxy) is 3. The predicted octanol–water partition coefficient (Wildman–Crippen LogP) is 3.15. The molecule has 3 rings (SSSR count). The van der Waals surface area contributed by atoms with Gasteiger partial charge in [-0.15, -0.1) is 0 Å². The van der Waals surface area contributed by atoms with E-state index in [4.69, 9.17) is 25.8 Å². The third-order valence-corrected chi connectivity index (χ3v) is 3.79. The lowest BCUT2D eigenvalue weighted by atomic mass is 10.1. The number of amides is 1. The zero-order valence-electron chi connectivity index (χ0n) is 13.1. The third kappa shape index (κ3) is 3.28. The first-order chi connectivity index (χ1) is 11.6. The Hall–Kier alpha value is -2.73. The Morgan fingerprint density at radius 2 is 2.04 bits per heavy atom. The van der Waals surface area contributed by atoms with Crippen molar-refractivity contribution in [1.82, 2.24) is 5.43 Å². The second-order valence-corrected chi connectivity index (χ2v) is 5.54. The van der Waals surface area contributed by atoms with E-state index in [1.165, 1.54) is 13.3 Å². The maximum absolute atomic E-state index is 12.2. The van der Waals surface area contributed by atoms with Crippen LogP contribution >= 0.6 is 11.6 Å². The summed E-state index contributed by atoms with van der Waals surface area (Å²) in [5, 5.41) is 4.39. The second-order valence-electron chi connectivity index (χ2n) is 5.13. The fraction of sp³-hybridized carbons (Fsp3) is 0.176. The fourth-order valence-electron chi connectivity index (χ4n) is 2.24. The number of rotatable bonds is 4. The monoisotopic (exact) mass is 346 g/mol. The Balaban J connectivity index is 1.74. The van der Waals surface area contributed by atoms with Crippen LogP contribution in [0, 0.1) is 6.92 Å². The number of carbonyl (C=O) groups is 1. The highest BCUT2D eigenvalue weighted by Crippen LogP contribution is 2.36. The molecule has 0 saturated heterocycles. The average molecular weight is 347 g/mol. The highest BCUT2D eigenvalue weighted by molar-refractivity contribution is 6.33. The van der Waals surface area contributed by atoms with Crippen molar-refractivity contribution in [3.63, 3.8) is 0 Å². The summed E-state index contributed by atoms with van der Waals surface area (Å²) < 4.78 is 15.7. The summed E-state index contributed by atoms with van der Waals surface area (Å²) in [5.41, 5.74) is 4.46. The van der Waals surface area contributed by atoms with Crippen LogP contribution < -0.4 is 19.6 Å². The van der Waals surface area contributed by atoms with Gasteiger partial charge in [0.25, 0.3) is 5.91 Å². The molecule has 1 heterocycles. The number of nitrogens with zero attached hydrogens (tertiary/aromatic N) is 1. The minimum Gasteiger partial charge on any atom is -0.496 e. The van der Waals surface area contributed by atoms with Gasteiger partial charge in [0, 0.05) is 11.6 Å². The van der Waals surface area contributed by atoms with Crippen molar-refractivity contribution in [2.45, 2.75) is 6.92 Å². The third-order valence-electron chi connectivity index (χ3n) is 3.46. The molecule has 1 aliphatic rings. The molecule has 0 unspecified atom stereocenters. The van der Waals surface area contributed by atoms with Gasteiger partial charge in [-0.25, -0.2) is 5.43 Å². The Morgan fingerprint density at radius 1 is 1.29 bits per heavy atom. The van der Waals surface area contributed by atoms with E-state index in [0.717, 1.165) is 5.56 Å². The number of hydrogen-bond donors (Lipinski definition) is 1. The first kappa shape index (κ1) is 16.1. The van der Waals surface area contributed by atoms with E-state index < -0.39 is 0 Å². The van der Waals surface area contributed by atoms with Crippen molar-refractivity contribution >= 4 is 23.7 Å². The van der Waals surface area contributed by atoms with Crippen molar-refractivity contribution in [3.05, 3.63) is 52.0 Å². The van der Waals surface area contributed by atoms with Crippen molar-refractivity contribution in [2.24, 2.45) is 5.10 Å². The van der Waals surface area contributed by atoms with Gasteiger partial charge in [-0.3, -0.25) is 4.79 Å². The van der Waals surface area contributed by atoms with Gasteiger partial charge < -0.3 is 14.2 Å².